The molecule has 1 saturated carbocycles. The molecule has 0 spiro atoms. The molecule has 0 heterocycles. The van der Waals surface area contributed by atoms with Gasteiger partial charge >= 0.3 is 5.97 Å². The lowest BCUT2D eigenvalue weighted by Gasteiger charge is -2.23. The lowest BCUT2D eigenvalue weighted by Crippen LogP contribution is -2.30. The van der Waals surface area contributed by atoms with Gasteiger partial charge < -0.3 is 14.7 Å². The predicted molar refractivity (Wildman–Crippen MR) is 77.4 cm³/mol. The van der Waals surface area contributed by atoms with Gasteiger partial charge in [0.25, 0.3) is 0 Å². The van der Waals surface area contributed by atoms with Crippen LogP contribution in [0.1, 0.15) is 35.2 Å². The summed E-state index contributed by atoms with van der Waals surface area (Å²) in [6.07, 6.45) is 2.71. The van der Waals surface area contributed by atoms with Crippen LogP contribution in [0.15, 0.2) is 18.2 Å². The maximum absolute atomic E-state index is 13.3. The first kappa shape index (κ1) is 15.9. The molecule has 0 radical (unpaired) electrons. The standard InChI is InChI=1S/C16H22FNO3/c1-18(10-12-4-3-5-15(12)19)9-11-6-7-13(17)8-14(11)16(20)21-2/h6-8,12,15,19H,3-5,9-10H2,1-2H3. The summed E-state index contributed by atoms with van der Waals surface area (Å²) in [5.74, 6) is -0.705. The zero-order chi connectivity index (χ0) is 15.4. The molecule has 5 heteroatoms. The number of hydrogen-bond acceptors (Lipinski definition) is 4. The minimum atomic E-state index is -0.529. The SMILES string of the molecule is COC(=O)c1cc(F)ccc1CN(C)CC1CCCC1O. The summed E-state index contributed by atoms with van der Waals surface area (Å²) in [5, 5.41) is 9.87. The number of rotatable bonds is 5. The number of aliphatic hydroxyl groups is 1. The van der Waals surface area contributed by atoms with E-state index in [1.165, 1.54) is 19.2 Å². The highest BCUT2D eigenvalue weighted by atomic mass is 19.1. The molecule has 4 nitrogen and oxygen atoms in total. The van der Waals surface area contributed by atoms with Gasteiger partial charge in [0.2, 0.25) is 0 Å². The van der Waals surface area contributed by atoms with Crippen LogP contribution in [-0.2, 0) is 11.3 Å². The molecule has 2 unspecified atom stereocenters. The van der Waals surface area contributed by atoms with Crippen LogP contribution in [-0.4, -0.2) is 42.8 Å². The molecule has 0 amide bonds. The number of hydrogen-bond donors (Lipinski definition) is 1. The second-order valence-electron chi connectivity index (χ2n) is 5.75. The summed E-state index contributed by atoms with van der Waals surface area (Å²) in [7, 11) is 3.23. The van der Waals surface area contributed by atoms with E-state index >= 15 is 0 Å². The molecule has 1 aliphatic carbocycles. The van der Waals surface area contributed by atoms with Crippen molar-refractivity contribution < 1.29 is 19.0 Å². The summed E-state index contributed by atoms with van der Waals surface area (Å²) in [6.45, 7) is 1.28. The second-order valence-corrected chi connectivity index (χ2v) is 5.75. The first-order valence-electron chi connectivity index (χ1n) is 7.24. The Balaban J connectivity index is 2.06. The molecule has 2 atom stereocenters. The van der Waals surface area contributed by atoms with Gasteiger partial charge in [-0.3, -0.25) is 0 Å². The number of aliphatic hydroxyl groups excluding tert-OH is 1. The fourth-order valence-corrected chi connectivity index (χ4v) is 2.97. The van der Waals surface area contributed by atoms with Crippen LogP contribution in [0.5, 0.6) is 0 Å². The third-order valence-electron chi connectivity index (χ3n) is 4.08. The molecule has 0 aliphatic heterocycles. The average molecular weight is 295 g/mol. The molecular weight excluding hydrogens is 273 g/mol. The Hall–Kier alpha value is -1.46. The smallest absolute Gasteiger partial charge is 0.338 e. The maximum Gasteiger partial charge on any atom is 0.338 e. The number of benzene rings is 1. The lowest BCUT2D eigenvalue weighted by molar-refractivity contribution is 0.0597. The third kappa shape index (κ3) is 4.02. The van der Waals surface area contributed by atoms with Crippen molar-refractivity contribution in [3.8, 4) is 0 Å². The zero-order valence-corrected chi connectivity index (χ0v) is 12.5. The van der Waals surface area contributed by atoms with Gasteiger partial charge in [-0.2, -0.15) is 0 Å². The van der Waals surface area contributed by atoms with E-state index in [9.17, 15) is 14.3 Å². The largest absolute Gasteiger partial charge is 0.465 e. The van der Waals surface area contributed by atoms with Crippen LogP contribution < -0.4 is 0 Å². The van der Waals surface area contributed by atoms with Gasteiger partial charge in [0, 0.05) is 13.1 Å². The van der Waals surface area contributed by atoms with Gasteiger partial charge in [0.05, 0.1) is 18.8 Å². The molecule has 1 N–H and O–H groups in total. The number of nitrogens with zero attached hydrogens (tertiary/aromatic N) is 1. The van der Waals surface area contributed by atoms with Crippen LogP contribution in [0.2, 0.25) is 0 Å². The molecule has 2 rings (SSSR count). The van der Waals surface area contributed by atoms with E-state index in [4.69, 9.17) is 4.74 Å². The quantitative estimate of drug-likeness (QED) is 0.846. The highest BCUT2D eigenvalue weighted by Crippen LogP contribution is 2.26. The number of carbonyl (C=O) groups is 1. The lowest BCUT2D eigenvalue weighted by atomic mass is 10.0. The van der Waals surface area contributed by atoms with Gasteiger partial charge in [-0.05, 0) is 43.5 Å². The van der Waals surface area contributed by atoms with Crippen molar-refractivity contribution in [2.75, 3.05) is 20.7 Å². The molecule has 116 valence electrons. The number of methoxy groups -OCH3 is 1. The zero-order valence-electron chi connectivity index (χ0n) is 12.5. The molecular formula is C16H22FNO3. The van der Waals surface area contributed by atoms with Crippen LogP contribution in [0.25, 0.3) is 0 Å². The average Bonchev–Trinajstić information content (AvgIpc) is 2.85. The van der Waals surface area contributed by atoms with E-state index < -0.39 is 11.8 Å². The van der Waals surface area contributed by atoms with Crippen molar-refractivity contribution in [1.82, 2.24) is 4.90 Å². The summed E-state index contributed by atoms with van der Waals surface area (Å²) in [4.78, 5) is 13.8. The Morgan fingerprint density at radius 2 is 2.24 bits per heavy atom. The van der Waals surface area contributed by atoms with Crippen molar-refractivity contribution in [2.24, 2.45) is 5.92 Å². The molecule has 1 fully saturated rings. The monoisotopic (exact) mass is 295 g/mol. The van der Waals surface area contributed by atoms with Crippen LogP contribution in [0.3, 0.4) is 0 Å². The van der Waals surface area contributed by atoms with E-state index in [0.717, 1.165) is 31.4 Å². The topological polar surface area (TPSA) is 49.8 Å². The minimum absolute atomic E-state index is 0.235. The summed E-state index contributed by atoms with van der Waals surface area (Å²) >= 11 is 0. The van der Waals surface area contributed by atoms with Gasteiger partial charge in [-0.25, -0.2) is 9.18 Å². The first-order valence-corrected chi connectivity index (χ1v) is 7.24. The summed E-state index contributed by atoms with van der Waals surface area (Å²) < 4.78 is 18.0. The predicted octanol–water partition coefficient (Wildman–Crippen LogP) is 2.21. The van der Waals surface area contributed by atoms with Crippen molar-refractivity contribution in [3.63, 3.8) is 0 Å². The van der Waals surface area contributed by atoms with Gasteiger partial charge in [0.15, 0.2) is 0 Å². The number of halogens is 1. The molecule has 0 saturated heterocycles. The summed E-state index contributed by atoms with van der Waals surface area (Å²) in [6, 6.07) is 4.17. The summed E-state index contributed by atoms with van der Waals surface area (Å²) in [5.41, 5.74) is 0.995. The van der Waals surface area contributed by atoms with E-state index in [0.29, 0.717) is 6.54 Å². The van der Waals surface area contributed by atoms with E-state index in [-0.39, 0.29) is 17.6 Å². The molecule has 0 bridgehead atoms. The third-order valence-corrected chi connectivity index (χ3v) is 4.08. The Morgan fingerprint density at radius 3 is 2.86 bits per heavy atom. The second kappa shape index (κ2) is 7.00. The molecule has 1 aromatic carbocycles. The Morgan fingerprint density at radius 1 is 1.48 bits per heavy atom. The van der Waals surface area contributed by atoms with Crippen molar-refractivity contribution in [1.29, 1.82) is 0 Å². The Bertz CT molecular complexity index is 506. The van der Waals surface area contributed by atoms with Crippen LogP contribution in [0, 0.1) is 11.7 Å². The molecule has 0 aromatic heterocycles. The molecule has 21 heavy (non-hydrogen) atoms. The van der Waals surface area contributed by atoms with Crippen molar-refractivity contribution in [2.45, 2.75) is 31.9 Å². The van der Waals surface area contributed by atoms with Crippen LogP contribution in [0.4, 0.5) is 4.39 Å². The Labute approximate surface area is 124 Å². The van der Waals surface area contributed by atoms with Gasteiger partial charge in [-0.15, -0.1) is 0 Å². The Kier molecular flexibility index (Phi) is 5.31. The van der Waals surface area contributed by atoms with Gasteiger partial charge in [0.1, 0.15) is 5.82 Å². The highest BCUT2D eigenvalue weighted by molar-refractivity contribution is 5.91. The van der Waals surface area contributed by atoms with Crippen molar-refractivity contribution in [3.05, 3.63) is 35.1 Å². The minimum Gasteiger partial charge on any atom is -0.465 e. The van der Waals surface area contributed by atoms with Gasteiger partial charge in [-0.1, -0.05) is 12.5 Å². The fraction of sp³-hybridized carbons (Fsp3) is 0.562. The van der Waals surface area contributed by atoms with E-state index in [1.807, 2.05) is 7.05 Å². The number of ether oxygens (including phenoxy) is 1. The normalized spacial score (nSPS) is 21.8. The number of esters is 1. The van der Waals surface area contributed by atoms with Crippen molar-refractivity contribution >= 4 is 5.97 Å². The van der Waals surface area contributed by atoms with E-state index in [1.54, 1.807) is 6.07 Å². The van der Waals surface area contributed by atoms with E-state index in [2.05, 4.69) is 4.90 Å². The first-order chi connectivity index (χ1) is 10.0. The molecule has 1 aliphatic rings. The highest BCUT2D eigenvalue weighted by Gasteiger charge is 2.26. The van der Waals surface area contributed by atoms with Crippen LogP contribution >= 0.6 is 0 Å². The molecule has 1 aromatic rings. The maximum atomic E-state index is 13.3. The number of carbonyl (C=O) groups excluding carboxylic acids is 1. The fourth-order valence-electron chi connectivity index (χ4n) is 2.97.